The number of carbonyl (C=O) groups excluding carboxylic acids is 1. The first-order chi connectivity index (χ1) is 13.1. The van der Waals surface area contributed by atoms with Gasteiger partial charge in [0, 0.05) is 11.7 Å². The minimum absolute atomic E-state index is 0.141. The van der Waals surface area contributed by atoms with Crippen molar-refractivity contribution in [2.24, 2.45) is 0 Å². The van der Waals surface area contributed by atoms with Crippen molar-refractivity contribution in [3.05, 3.63) is 57.6 Å². The second-order valence-electron chi connectivity index (χ2n) is 6.29. The minimum Gasteiger partial charge on any atom is -0.393 e. The van der Waals surface area contributed by atoms with Crippen molar-refractivity contribution in [2.75, 3.05) is 5.32 Å². The van der Waals surface area contributed by atoms with E-state index in [4.69, 9.17) is 23.2 Å². The Morgan fingerprint density at radius 1 is 1.07 bits per heavy atom. The Morgan fingerprint density at radius 3 is 2.36 bits per heavy atom. The molecule has 0 spiro atoms. The molecule has 0 heterocycles. The summed E-state index contributed by atoms with van der Waals surface area (Å²) in [4.78, 5) is 11.7. The van der Waals surface area contributed by atoms with Crippen LogP contribution in [0, 0.1) is 11.6 Å². The highest BCUT2D eigenvalue weighted by molar-refractivity contribution is 7.89. The van der Waals surface area contributed by atoms with Crippen LogP contribution in [0.4, 0.5) is 14.5 Å². The molecule has 1 saturated carbocycles. The van der Waals surface area contributed by atoms with E-state index < -0.39 is 44.6 Å². The number of hydrogen-bond acceptors (Lipinski definition) is 4. The third-order valence-corrected chi connectivity index (χ3v) is 6.31. The highest BCUT2D eigenvalue weighted by atomic mass is 35.5. The van der Waals surface area contributed by atoms with Crippen LogP contribution in [-0.4, -0.2) is 31.6 Å². The minimum atomic E-state index is -4.28. The Balaban J connectivity index is 1.88. The summed E-state index contributed by atoms with van der Waals surface area (Å²) in [6, 6.07) is 4.46. The van der Waals surface area contributed by atoms with Gasteiger partial charge in [-0.15, -0.1) is 0 Å². The average molecular weight is 451 g/mol. The number of aliphatic hydroxyl groups excluding tert-OH is 1. The van der Waals surface area contributed by atoms with E-state index in [0.29, 0.717) is 0 Å². The monoisotopic (exact) mass is 450 g/mol. The molecule has 0 saturated heterocycles. The van der Waals surface area contributed by atoms with E-state index >= 15 is 0 Å². The van der Waals surface area contributed by atoms with Crippen molar-refractivity contribution in [2.45, 2.75) is 29.9 Å². The quantitative estimate of drug-likeness (QED) is 0.650. The number of rotatable bonds is 5. The molecule has 2 aromatic carbocycles. The second-order valence-corrected chi connectivity index (χ2v) is 8.79. The lowest BCUT2D eigenvalue weighted by atomic mass is 9.91. The normalized spacial score (nSPS) is 19.2. The van der Waals surface area contributed by atoms with E-state index in [9.17, 15) is 27.1 Å². The molecule has 0 atom stereocenters. The maximum atomic E-state index is 14.2. The molecule has 3 N–H and O–H groups in total. The van der Waals surface area contributed by atoms with Gasteiger partial charge in [-0.2, -0.15) is 0 Å². The third-order valence-electron chi connectivity index (χ3n) is 4.17. The molecule has 1 amide bonds. The molecule has 1 fully saturated rings. The highest BCUT2D eigenvalue weighted by Gasteiger charge is 2.33. The van der Waals surface area contributed by atoms with Crippen LogP contribution in [0.15, 0.2) is 35.2 Å². The Hall–Kier alpha value is -1.78. The number of sulfonamides is 1. The number of nitrogens with one attached hydrogen (secondary N) is 2. The molecule has 6 nitrogen and oxygen atoms in total. The number of hydrogen-bond donors (Lipinski definition) is 3. The molecule has 0 unspecified atom stereocenters. The summed E-state index contributed by atoms with van der Waals surface area (Å²) >= 11 is 11.5. The van der Waals surface area contributed by atoms with Crippen molar-refractivity contribution in [3.8, 4) is 0 Å². The van der Waals surface area contributed by atoms with Gasteiger partial charge in [0.2, 0.25) is 10.0 Å². The van der Waals surface area contributed by atoms with E-state index in [1.54, 1.807) is 0 Å². The molecule has 11 heteroatoms. The van der Waals surface area contributed by atoms with Crippen molar-refractivity contribution in [3.63, 3.8) is 0 Å². The lowest BCUT2D eigenvalue weighted by Gasteiger charge is -2.31. The van der Waals surface area contributed by atoms with Gasteiger partial charge in [0.1, 0.15) is 16.5 Å². The molecule has 1 aliphatic rings. The molecule has 1 aliphatic carbocycles. The Labute approximate surface area is 169 Å². The number of anilines is 1. The molecule has 0 bridgehead atoms. The summed E-state index contributed by atoms with van der Waals surface area (Å²) in [6.07, 6.45) is -0.174. The van der Waals surface area contributed by atoms with Gasteiger partial charge in [0.25, 0.3) is 5.91 Å². The fourth-order valence-corrected chi connectivity index (χ4v) is 4.41. The van der Waals surface area contributed by atoms with Gasteiger partial charge in [0.15, 0.2) is 0 Å². The molecule has 150 valence electrons. The fraction of sp³-hybridized carbons (Fsp3) is 0.235. The van der Waals surface area contributed by atoms with Gasteiger partial charge < -0.3 is 10.4 Å². The van der Waals surface area contributed by atoms with Gasteiger partial charge >= 0.3 is 0 Å². The predicted octanol–water partition coefficient (Wildman–Crippen LogP) is 3.33. The number of carbonyl (C=O) groups is 1. The zero-order valence-electron chi connectivity index (χ0n) is 14.0. The number of aliphatic hydroxyl groups is 1. The first-order valence-corrected chi connectivity index (χ1v) is 10.3. The zero-order valence-corrected chi connectivity index (χ0v) is 16.4. The van der Waals surface area contributed by atoms with Crippen LogP contribution >= 0.6 is 23.2 Å². The van der Waals surface area contributed by atoms with Crippen molar-refractivity contribution in [1.82, 2.24) is 4.72 Å². The van der Waals surface area contributed by atoms with Gasteiger partial charge in [-0.05, 0) is 43.2 Å². The Bertz CT molecular complexity index is 1040. The largest absolute Gasteiger partial charge is 0.393 e. The lowest BCUT2D eigenvalue weighted by molar-refractivity contribution is 0.0712. The summed E-state index contributed by atoms with van der Waals surface area (Å²) < 4.78 is 54.5. The maximum Gasteiger partial charge on any atom is 0.257 e. The van der Waals surface area contributed by atoms with E-state index in [0.717, 1.165) is 24.3 Å². The van der Waals surface area contributed by atoms with Gasteiger partial charge in [-0.3, -0.25) is 4.79 Å². The average Bonchev–Trinajstić information content (AvgIpc) is 2.56. The van der Waals surface area contributed by atoms with Crippen molar-refractivity contribution >= 4 is 44.8 Å². The Kier molecular flexibility index (Phi) is 5.92. The smallest absolute Gasteiger partial charge is 0.257 e. The summed E-state index contributed by atoms with van der Waals surface area (Å²) in [5, 5.41) is 11.1. The van der Waals surface area contributed by atoms with Crippen molar-refractivity contribution < 1.29 is 27.1 Å². The predicted molar refractivity (Wildman–Crippen MR) is 100 cm³/mol. The molecule has 0 aromatic heterocycles. The summed E-state index contributed by atoms with van der Waals surface area (Å²) in [6.45, 7) is 0. The first kappa shape index (κ1) is 20.9. The van der Waals surface area contributed by atoms with Crippen LogP contribution in [-0.2, 0) is 10.0 Å². The number of amides is 1. The number of benzene rings is 2. The van der Waals surface area contributed by atoms with E-state index in [1.807, 2.05) is 0 Å². The topological polar surface area (TPSA) is 95.5 Å². The fourth-order valence-electron chi connectivity index (χ4n) is 2.65. The van der Waals surface area contributed by atoms with E-state index in [2.05, 4.69) is 10.0 Å². The van der Waals surface area contributed by atoms with Crippen molar-refractivity contribution in [1.29, 1.82) is 0 Å². The highest BCUT2D eigenvalue weighted by Crippen LogP contribution is 2.28. The second kappa shape index (κ2) is 7.92. The van der Waals surface area contributed by atoms with Gasteiger partial charge in [-0.1, -0.05) is 23.2 Å². The van der Waals surface area contributed by atoms with Crippen LogP contribution in [0.5, 0.6) is 0 Å². The lowest BCUT2D eigenvalue weighted by Crippen LogP contribution is -2.46. The summed E-state index contributed by atoms with van der Waals surface area (Å²) in [5.74, 6) is -2.64. The van der Waals surface area contributed by atoms with Crippen LogP contribution in [0.3, 0.4) is 0 Å². The van der Waals surface area contributed by atoms with Crippen LogP contribution in [0.2, 0.25) is 10.0 Å². The molecule has 28 heavy (non-hydrogen) atoms. The van der Waals surface area contributed by atoms with E-state index in [1.165, 1.54) is 6.07 Å². The molecular weight excluding hydrogens is 437 g/mol. The van der Waals surface area contributed by atoms with Crippen LogP contribution in [0.1, 0.15) is 23.2 Å². The van der Waals surface area contributed by atoms with Crippen LogP contribution < -0.4 is 10.0 Å². The van der Waals surface area contributed by atoms with Crippen LogP contribution in [0.25, 0.3) is 0 Å². The molecule has 0 radical (unpaired) electrons. The third kappa shape index (κ3) is 4.44. The van der Waals surface area contributed by atoms with Gasteiger partial charge in [-0.25, -0.2) is 21.9 Å². The van der Waals surface area contributed by atoms with Gasteiger partial charge in [0.05, 0.1) is 21.7 Å². The standard InChI is InChI=1S/C17H14Cl2F2N2O4S/c18-12-7-15(21)16(28(26,27)23-9-3-10(24)4-9)6-11(12)17(25)22-8-1-2-14(20)13(19)5-8/h1-2,5-7,9-10,23-24H,3-4H2,(H,22,25). The van der Waals surface area contributed by atoms with E-state index in [-0.39, 0.29) is 34.1 Å². The molecular formula is C17H14Cl2F2N2O4S. The molecule has 3 rings (SSSR count). The summed E-state index contributed by atoms with van der Waals surface area (Å²) in [5.41, 5.74) is -0.152. The summed E-state index contributed by atoms with van der Waals surface area (Å²) in [7, 11) is -4.28. The zero-order chi connectivity index (χ0) is 20.6. The molecule has 2 aromatic rings. The first-order valence-electron chi connectivity index (χ1n) is 8.02. The number of halogens is 4. The SMILES string of the molecule is O=C(Nc1ccc(F)c(Cl)c1)c1cc(S(=O)(=O)NC2CC(O)C2)c(F)cc1Cl. The molecule has 0 aliphatic heterocycles. The Morgan fingerprint density at radius 2 is 1.75 bits per heavy atom. The maximum absolute atomic E-state index is 14.2.